The zero-order valence-electron chi connectivity index (χ0n) is 25.0. The Hall–Kier alpha value is -5.09. The van der Waals surface area contributed by atoms with Crippen LogP contribution in [0.2, 0.25) is 0 Å². The van der Waals surface area contributed by atoms with Gasteiger partial charge < -0.3 is 35.6 Å². The van der Waals surface area contributed by atoms with E-state index in [1.165, 1.54) is 0 Å². The molecule has 0 unspecified atom stereocenters. The summed E-state index contributed by atoms with van der Waals surface area (Å²) >= 11 is 0. The first kappa shape index (κ1) is 30.4. The van der Waals surface area contributed by atoms with E-state index in [4.69, 9.17) is 4.74 Å². The van der Waals surface area contributed by atoms with Gasteiger partial charge in [-0.3, -0.25) is 4.79 Å². The molecule has 0 fully saturated rings. The van der Waals surface area contributed by atoms with Crippen LogP contribution in [0.1, 0.15) is 24.2 Å². The van der Waals surface area contributed by atoms with E-state index >= 15 is 0 Å². The number of likely N-dealkylation sites (N-methyl/N-ethyl adjacent to an activating group) is 1. The number of nitrogens with zero attached hydrogens (tertiary/aromatic N) is 2. The van der Waals surface area contributed by atoms with Gasteiger partial charge >= 0.3 is 12.1 Å². The Labute approximate surface area is 256 Å². The Morgan fingerprint density at radius 1 is 0.955 bits per heavy atom. The third-order valence-electron chi connectivity index (χ3n) is 7.79. The van der Waals surface area contributed by atoms with Crippen molar-refractivity contribution in [1.29, 1.82) is 0 Å². The van der Waals surface area contributed by atoms with Crippen molar-refractivity contribution in [3.8, 4) is 5.75 Å². The summed E-state index contributed by atoms with van der Waals surface area (Å²) in [5.41, 5.74) is 1.99. The van der Waals surface area contributed by atoms with Crippen LogP contribution in [0.25, 0.3) is 10.8 Å². The lowest BCUT2D eigenvalue weighted by atomic mass is 9.99. The first-order valence-electron chi connectivity index (χ1n) is 14.6. The maximum Gasteiger partial charge on any atom is 0.323 e. The molecule has 0 spiro atoms. The number of hydrogen-bond donors (Lipinski definition) is 4. The third kappa shape index (κ3) is 6.92. The largest absolute Gasteiger partial charge is 0.487 e. The van der Waals surface area contributed by atoms with Gasteiger partial charge in [0.25, 0.3) is 5.91 Å². The second-order valence-corrected chi connectivity index (χ2v) is 11.1. The Balaban J connectivity index is 1.36. The number of fused-ring (bicyclic) bond motifs is 2. The van der Waals surface area contributed by atoms with Crippen molar-refractivity contribution in [2.45, 2.75) is 26.0 Å². The minimum absolute atomic E-state index is 0.169. The molecule has 10 nitrogen and oxygen atoms in total. The molecular formula is C34H37N5O5. The number of urea groups is 2. The first-order chi connectivity index (χ1) is 21.2. The third-order valence-corrected chi connectivity index (χ3v) is 7.79. The summed E-state index contributed by atoms with van der Waals surface area (Å²) in [6, 6.07) is 26.3. The monoisotopic (exact) mass is 595 g/mol. The van der Waals surface area contributed by atoms with E-state index in [0.717, 1.165) is 10.8 Å². The molecule has 3 atom stereocenters. The summed E-state index contributed by atoms with van der Waals surface area (Å²) in [5, 5.41) is 20.5. The van der Waals surface area contributed by atoms with E-state index in [9.17, 15) is 19.5 Å². The summed E-state index contributed by atoms with van der Waals surface area (Å²) in [6.07, 6.45) is -0.463. The predicted octanol–water partition coefficient (Wildman–Crippen LogP) is 5.87. The van der Waals surface area contributed by atoms with Gasteiger partial charge in [0.1, 0.15) is 11.9 Å². The summed E-state index contributed by atoms with van der Waals surface area (Å²) in [6.45, 7) is 4.07. The smallest absolute Gasteiger partial charge is 0.323 e. The number of carbonyl (C=O) groups is 3. The molecule has 1 aliphatic rings. The zero-order chi connectivity index (χ0) is 31.2. The van der Waals surface area contributed by atoms with Crippen LogP contribution in [0, 0.1) is 5.92 Å². The van der Waals surface area contributed by atoms with Gasteiger partial charge in [-0.1, -0.05) is 61.5 Å². The van der Waals surface area contributed by atoms with Crippen LogP contribution in [-0.4, -0.2) is 71.8 Å². The molecule has 44 heavy (non-hydrogen) atoms. The fraction of sp³-hybridized carbons (Fsp3) is 0.265. The minimum Gasteiger partial charge on any atom is -0.487 e. The number of hydrogen-bond acceptors (Lipinski definition) is 5. The molecular weight excluding hydrogens is 558 g/mol. The Morgan fingerprint density at radius 3 is 2.45 bits per heavy atom. The molecule has 0 saturated heterocycles. The lowest BCUT2D eigenvalue weighted by Crippen LogP contribution is -2.50. The van der Waals surface area contributed by atoms with Crippen molar-refractivity contribution in [2.75, 3.05) is 42.7 Å². The average Bonchev–Trinajstić information content (AvgIpc) is 3.03. The average molecular weight is 596 g/mol. The van der Waals surface area contributed by atoms with Gasteiger partial charge in [-0.05, 0) is 48.7 Å². The molecule has 4 aromatic rings. The van der Waals surface area contributed by atoms with Gasteiger partial charge in [0.05, 0.1) is 30.4 Å². The molecule has 1 aliphatic heterocycles. The molecule has 228 valence electrons. The Bertz CT molecular complexity index is 1640. The number of aliphatic hydroxyl groups excluding tert-OH is 1. The fourth-order valence-corrected chi connectivity index (χ4v) is 5.23. The zero-order valence-corrected chi connectivity index (χ0v) is 25.0. The van der Waals surface area contributed by atoms with Crippen LogP contribution in [-0.2, 0) is 0 Å². The number of aliphatic hydroxyl groups is 1. The SMILES string of the molecule is C[C@H](CO)N1C[C@H](C)[C@H](CN(C)C(=O)Nc2ccccc2)Oc2ccc(NC(=O)Nc3cccc4ccccc34)cc2C1=O. The van der Waals surface area contributed by atoms with Gasteiger partial charge in [-0.25, -0.2) is 9.59 Å². The molecule has 10 heteroatoms. The van der Waals surface area contributed by atoms with Crippen molar-refractivity contribution in [1.82, 2.24) is 9.80 Å². The van der Waals surface area contributed by atoms with E-state index in [2.05, 4.69) is 16.0 Å². The van der Waals surface area contributed by atoms with Gasteiger partial charge in [-0.15, -0.1) is 0 Å². The number of para-hydroxylation sites is 1. The van der Waals surface area contributed by atoms with Crippen molar-refractivity contribution < 1.29 is 24.2 Å². The van der Waals surface area contributed by atoms with E-state index in [-0.39, 0.29) is 36.6 Å². The molecule has 5 amide bonds. The number of ether oxygens (including phenoxy) is 1. The van der Waals surface area contributed by atoms with Gasteiger partial charge in [0.15, 0.2) is 0 Å². The lowest BCUT2D eigenvalue weighted by molar-refractivity contribution is 0.0371. The van der Waals surface area contributed by atoms with E-state index in [1.54, 1.807) is 42.0 Å². The van der Waals surface area contributed by atoms with Crippen LogP contribution in [0.4, 0.5) is 26.7 Å². The predicted molar refractivity (Wildman–Crippen MR) is 172 cm³/mol. The number of anilines is 3. The molecule has 1 heterocycles. The van der Waals surface area contributed by atoms with Crippen molar-refractivity contribution in [3.63, 3.8) is 0 Å². The summed E-state index contributed by atoms with van der Waals surface area (Å²) in [5.74, 6) is -0.156. The quantitative estimate of drug-likeness (QED) is 0.213. The highest BCUT2D eigenvalue weighted by Gasteiger charge is 2.34. The molecule has 4 N–H and O–H groups in total. The van der Waals surface area contributed by atoms with E-state index < -0.39 is 18.2 Å². The van der Waals surface area contributed by atoms with Crippen molar-refractivity contribution >= 4 is 45.8 Å². The van der Waals surface area contributed by atoms with Crippen LogP contribution < -0.4 is 20.7 Å². The van der Waals surface area contributed by atoms with E-state index in [1.807, 2.05) is 79.7 Å². The lowest BCUT2D eigenvalue weighted by Gasteiger charge is -2.38. The standard InChI is InChI=1S/C34H37N5O5/c1-22-19-39(23(2)21-40)32(41)28-18-26(35-33(42)37-29-15-9-11-24-10-7-8-14-27(24)29)16-17-30(28)44-31(22)20-38(3)34(43)36-25-12-5-4-6-13-25/h4-18,22-23,31,40H,19-21H2,1-3H3,(H,36,43)(H2,35,37,42)/t22-,23+,31-/m0/s1. The Kier molecular flexibility index (Phi) is 9.30. The number of nitrogens with one attached hydrogen (secondary N) is 3. The minimum atomic E-state index is -0.463. The molecule has 0 aromatic heterocycles. The van der Waals surface area contributed by atoms with Crippen LogP contribution >= 0.6 is 0 Å². The number of rotatable bonds is 7. The number of benzene rings is 4. The molecule has 0 aliphatic carbocycles. The van der Waals surface area contributed by atoms with Crippen LogP contribution in [0.3, 0.4) is 0 Å². The second kappa shape index (κ2) is 13.5. The number of carbonyl (C=O) groups excluding carboxylic acids is 3. The topological polar surface area (TPSA) is 123 Å². The normalized spacial score (nSPS) is 17.0. The van der Waals surface area contributed by atoms with Crippen molar-refractivity contribution in [2.24, 2.45) is 5.92 Å². The van der Waals surface area contributed by atoms with Gasteiger partial charge in [0.2, 0.25) is 0 Å². The maximum absolute atomic E-state index is 13.8. The maximum atomic E-state index is 13.8. The summed E-state index contributed by atoms with van der Waals surface area (Å²) in [7, 11) is 1.69. The molecule has 0 saturated carbocycles. The highest BCUT2D eigenvalue weighted by Crippen LogP contribution is 2.31. The highest BCUT2D eigenvalue weighted by atomic mass is 16.5. The van der Waals surface area contributed by atoms with Gasteiger partial charge in [0, 0.05) is 36.3 Å². The van der Waals surface area contributed by atoms with Crippen LogP contribution in [0.5, 0.6) is 5.75 Å². The highest BCUT2D eigenvalue weighted by molar-refractivity contribution is 6.07. The van der Waals surface area contributed by atoms with E-state index in [0.29, 0.717) is 29.4 Å². The molecule has 4 aromatic carbocycles. The fourth-order valence-electron chi connectivity index (χ4n) is 5.23. The van der Waals surface area contributed by atoms with Crippen molar-refractivity contribution in [3.05, 3.63) is 96.6 Å². The Morgan fingerprint density at radius 2 is 1.68 bits per heavy atom. The first-order valence-corrected chi connectivity index (χ1v) is 14.6. The second-order valence-electron chi connectivity index (χ2n) is 11.1. The summed E-state index contributed by atoms with van der Waals surface area (Å²) in [4.78, 5) is 42.9. The molecule has 0 bridgehead atoms. The summed E-state index contributed by atoms with van der Waals surface area (Å²) < 4.78 is 6.40. The van der Waals surface area contributed by atoms with Gasteiger partial charge in [-0.2, -0.15) is 0 Å². The number of amides is 5. The van der Waals surface area contributed by atoms with Crippen LogP contribution in [0.15, 0.2) is 91.0 Å². The molecule has 5 rings (SSSR count). The molecule has 0 radical (unpaired) electrons.